The average Bonchev–Trinajstić information content (AvgIpc) is 2.24. The van der Waals surface area contributed by atoms with Crippen LogP contribution < -0.4 is 14.6 Å². The molecule has 13 heteroatoms. The van der Waals surface area contributed by atoms with Crippen LogP contribution in [0.2, 0.25) is 0 Å². The molecule has 0 amide bonds. The van der Waals surface area contributed by atoms with Gasteiger partial charge in [-0.1, -0.05) is 0 Å². The molecule has 0 saturated carbocycles. The van der Waals surface area contributed by atoms with Crippen LogP contribution in [0.15, 0.2) is 11.0 Å². The highest BCUT2D eigenvalue weighted by molar-refractivity contribution is 7.89. The Bertz CT molecular complexity index is 644. The van der Waals surface area contributed by atoms with Crippen LogP contribution in [0.4, 0.5) is 19.0 Å². The largest absolute Gasteiger partial charge is 0.573 e. The summed E-state index contributed by atoms with van der Waals surface area (Å²) < 4.78 is 66.5. The molecular weight excluding hydrogens is 311 g/mol. The van der Waals surface area contributed by atoms with Crippen LogP contribution in [-0.4, -0.2) is 31.8 Å². The number of nitro groups is 1. The van der Waals surface area contributed by atoms with Gasteiger partial charge in [-0.15, -0.1) is 13.2 Å². The van der Waals surface area contributed by atoms with E-state index in [0.717, 1.165) is 7.11 Å². The fraction of sp³-hybridized carbons (Fsp3) is 0.286. The van der Waals surface area contributed by atoms with Gasteiger partial charge in [0.2, 0.25) is 15.8 Å². The number of sulfonamides is 1. The molecule has 0 aliphatic carbocycles. The molecule has 0 bridgehead atoms. The fourth-order valence-corrected chi connectivity index (χ4v) is 1.78. The summed E-state index contributed by atoms with van der Waals surface area (Å²) >= 11 is 0. The van der Waals surface area contributed by atoms with Gasteiger partial charge < -0.3 is 19.6 Å². The molecule has 0 radical (unpaired) electrons. The van der Waals surface area contributed by atoms with Crippen molar-refractivity contribution in [2.24, 2.45) is 5.14 Å². The highest BCUT2D eigenvalue weighted by Gasteiger charge is 2.37. The summed E-state index contributed by atoms with van der Waals surface area (Å²) in [7, 11) is -3.82. The van der Waals surface area contributed by atoms with Crippen LogP contribution in [0.25, 0.3) is 0 Å². The molecule has 1 aromatic heterocycles. The molecule has 0 spiro atoms. The zero-order chi connectivity index (χ0) is 15.7. The summed E-state index contributed by atoms with van der Waals surface area (Å²) in [6.07, 6.45) is -5.18. The summed E-state index contributed by atoms with van der Waals surface area (Å²) in [5, 5.41) is 15.3. The summed E-state index contributed by atoms with van der Waals surface area (Å²) in [5.74, 6) is -3.37. The number of halogens is 3. The third kappa shape index (κ3) is 3.67. The first-order valence-corrected chi connectivity index (χ1v) is 6.02. The molecule has 0 saturated heterocycles. The van der Waals surface area contributed by atoms with Gasteiger partial charge in [-0.25, -0.2) is 13.6 Å². The number of hydrogen-bond donors (Lipinski definition) is 1. The molecule has 0 atom stereocenters. The molecule has 0 aliphatic heterocycles. The zero-order valence-electron chi connectivity index (χ0n) is 9.54. The predicted molar refractivity (Wildman–Crippen MR) is 55.5 cm³/mol. The molecule has 20 heavy (non-hydrogen) atoms. The minimum Gasteiger partial charge on any atom is -0.460 e. The molecule has 0 unspecified atom stereocenters. The minimum atomic E-state index is -5.18. The standard InChI is InChI=1S/C7H6F3N3O6S/c1-18-6-3(19-7(8,9)10)2-4(20(11,16)17)5(12-6)13(14)15/h2H,1H3,(H2,11,16,17). The van der Waals surface area contributed by atoms with Crippen molar-refractivity contribution in [3.8, 4) is 11.6 Å². The monoisotopic (exact) mass is 317 g/mol. The molecule has 1 rings (SSSR count). The predicted octanol–water partition coefficient (Wildman–Crippen LogP) is 0.544. The number of primary sulfonamides is 1. The number of ether oxygens (including phenoxy) is 2. The second kappa shape index (κ2) is 5.09. The molecule has 1 aromatic rings. The first-order valence-electron chi connectivity index (χ1n) is 4.47. The number of nitrogens with two attached hydrogens (primary N) is 1. The maximum absolute atomic E-state index is 12.1. The summed E-state index contributed by atoms with van der Waals surface area (Å²) in [6, 6.07) is 0.215. The minimum absolute atomic E-state index is 0.215. The number of rotatable bonds is 4. The van der Waals surface area contributed by atoms with Crippen LogP contribution in [-0.2, 0) is 10.0 Å². The van der Waals surface area contributed by atoms with Gasteiger partial charge in [0.15, 0.2) is 4.90 Å². The van der Waals surface area contributed by atoms with Crippen LogP contribution in [0, 0.1) is 10.1 Å². The van der Waals surface area contributed by atoms with E-state index in [1.165, 1.54) is 0 Å². The number of nitrogens with zero attached hydrogens (tertiary/aromatic N) is 2. The van der Waals surface area contributed by atoms with Crippen molar-refractivity contribution in [1.82, 2.24) is 4.98 Å². The number of aromatic nitrogens is 1. The molecule has 0 aliphatic rings. The Kier molecular flexibility index (Phi) is 4.04. The van der Waals surface area contributed by atoms with Crippen LogP contribution >= 0.6 is 0 Å². The van der Waals surface area contributed by atoms with E-state index in [1.54, 1.807) is 0 Å². The molecule has 0 aromatic carbocycles. The van der Waals surface area contributed by atoms with E-state index in [0.29, 0.717) is 0 Å². The van der Waals surface area contributed by atoms with Gasteiger partial charge in [-0.3, -0.25) is 0 Å². The van der Waals surface area contributed by atoms with Gasteiger partial charge in [0.1, 0.15) is 0 Å². The maximum atomic E-state index is 12.1. The Morgan fingerprint density at radius 2 is 2.00 bits per heavy atom. The Morgan fingerprint density at radius 3 is 2.35 bits per heavy atom. The van der Waals surface area contributed by atoms with Crippen molar-refractivity contribution in [2.75, 3.05) is 7.11 Å². The van der Waals surface area contributed by atoms with Crippen molar-refractivity contribution >= 4 is 15.8 Å². The smallest absolute Gasteiger partial charge is 0.460 e. The SMILES string of the molecule is COc1nc([N+](=O)[O-])c(S(N)(=O)=O)cc1OC(F)(F)F. The Balaban J connectivity index is 3.59. The first-order chi connectivity index (χ1) is 8.95. The molecule has 1 heterocycles. The van der Waals surface area contributed by atoms with Gasteiger partial charge in [0.25, 0.3) is 0 Å². The summed E-state index contributed by atoms with van der Waals surface area (Å²) in [6.45, 7) is 0. The third-order valence-corrected chi connectivity index (χ3v) is 2.71. The summed E-state index contributed by atoms with van der Waals surface area (Å²) in [5.41, 5.74) is 0. The normalized spacial score (nSPS) is 12.1. The lowest BCUT2D eigenvalue weighted by atomic mass is 10.4. The van der Waals surface area contributed by atoms with Crippen molar-refractivity contribution in [3.05, 3.63) is 16.2 Å². The van der Waals surface area contributed by atoms with Crippen LogP contribution in [0.1, 0.15) is 0 Å². The van der Waals surface area contributed by atoms with E-state index in [2.05, 4.69) is 19.6 Å². The second-order valence-electron chi connectivity index (χ2n) is 3.17. The zero-order valence-corrected chi connectivity index (χ0v) is 10.4. The lowest BCUT2D eigenvalue weighted by Crippen LogP contribution is -2.20. The van der Waals surface area contributed by atoms with Crippen molar-refractivity contribution in [1.29, 1.82) is 0 Å². The molecular formula is C7H6F3N3O6S. The van der Waals surface area contributed by atoms with Gasteiger partial charge in [-0.2, -0.15) is 0 Å². The maximum Gasteiger partial charge on any atom is 0.573 e. The van der Waals surface area contributed by atoms with Gasteiger partial charge in [-0.05, 0) is 4.92 Å². The molecule has 0 fully saturated rings. The Morgan fingerprint density at radius 1 is 1.45 bits per heavy atom. The van der Waals surface area contributed by atoms with Crippen LogP contribution in [0.3, 0.4) is 0 Å². The summed E-state index contributed by atoms with van der Waals surface area (Å²) in [4.78, 5) is 11.2. The quantitative estimate of drug-likeness (QED) is 0.632. The Labute approximate surface area is 109 Å². The van der Waals surface area contributed by atoms with Gasteiger partial charge in [0.05, 0.1) is 7.11 Å². The average molecular weight is 317 g/mol. The lowest BCUT2D eigenvalue weighted by molar-refractivity contribution is -0.392. The molecule has 112 valence electrons. The number of hydrogen-bond acceptors (Lipinski definition) is 7. The van der Waals surface area contributed by atoms with E-state index in [-0.39, 0.29) is 6.07 Å². The Hall–Kier alpha value is -2.15. The van der Waals surface area contributed by atoms with Crippen LogP contribution in [0.5, 0.6) is 11.6 Å². The van der Waals surface area contributed by atoms with Gasteiger partial charge in [0, 0.05) is 11.1 Å². The highest BCUT2D eigenvalue weighted by atomic mass is 32.2. The highest BCUT2D eigenvalue weighted by Crippen LogP contribution is 2.36. The molecule has 9 nitrogen and oxygen atoms in total. The van der Waals surface area contributed by atoms with E-state index in [1.807, 2.05) is 0 Å². The topological polar surface area (TPSA) is 135 Å². The van der Waals surface area contributed by atoms with Crippen molar-refractivity contribution in [2.45, 2.75) is 11.3 Å². The third-order valence-electron chi connectivity index (χ3n) is 1.80. The van der Waals surface area contributed by atoms with E-state index in [4.69, 9.17) is 0 Å². The van der Waals surface area contributed by atoms with Crippen molar-refractivity contribution in [3.63, 3.8) is 0 Å². The first kappa shape index (κ1) is 15.9. The van der Waals surface area contributed by atoms with E-state index >= 15 is 0 Å². The van der Waals surface area contributed by atoms with Gasteiger partial charge >= 0.3 is 18.1 Å². The van der Waals surface area contributed by atoms with Crippen molar-refractivity contribution < 1.29 is 36.0 Å². The molecule has 2 N–H and O–H groups in total. The van der Waals surface area contributed by atoms with E-state index < -0.39 is 43.7 Å². The second-order valence-corrected chi connectivity index (χ2v) is 4.70. The van der Waals surface area contributed by atoms with E-state index in [9.17, 15) is 31.7 Å². The number of pyridine rings is 1. The lowest BCUT2D eigenvalue weighted by Gasteiger charge is -2.10. The number of methoxy groups -OCH3 is 1. The number of alkyl halides is 3. The fourth-order valence-electron chi connectivity index (χ4n) is 1.14.